The molecule has 0 unspecified atom stereocenters. The molecule has 0 radical (unpaired) electrons. The third kappa shape index (κ3) is 3.33. The standard InChI is InChI=1S/C27H27N5/c1-5-25-30-26-17(2)12-18(3)29-27(26)32(25)16-20-7-11-24-22(14-20)9-8-21-13-19(15-28)6-10-23(21)31(24)4/h6-7,10-14H,5,8-9,16H2,1-4H3. The highest BCUT2D eigenvalue weighted by Crippen LogP contribution is 2.36. The van der Waals surface area contributed by atoms with Crippen molar-refractivity contribution in [3.05, 3.63) is 81.8 Å². The molecule has 0 bridgehead atoms. The molecule has 0 atom stereocenters. The third-order valence-electron chi connectivity index (χ3n) is 6.50. The third-order valence-corrected chi connectivity index (χ3v) is 6.50. The number of nitriles is 1. The number of aromatic nitrogens is 3. The van der Waals surface area contributed by atoms with Crippen molar-refractivity contribution in [1.29, 1.82) is 5.26 Å². The first-order valence-electron chi connectivity index (χ1n) is 11.2. The van der Waals surface area contributed by atoms with Gasteiger partial charge < -0.3 is 9.47 Å². The van der Waals surface area contributed by atoms with E-state index in [1.807, 2.05) is 19.1 Å². The summed E-state index contributed by atoms with van der Waals surface area (Å²) in [5.74, 6) is 1.07. The smallest absolute Gasteiger partial charge is 0.160 e. The van der Waals surface area contributed by atoms with Crippen molar-refractivity contribution < 1.29 is 0 Å². The molecule has 4 aromatic rings. The van der Waals surface area contributed by atoms with Crippen LogP contribution in [0.15, 0.2) is 42.5 Å². The molecule has 1 aliphatic heterocycles. The Bertz CT molecular complexity index is 1390. The van der Waals surface area contributed by atoms with Crippen molar-refractivity contribution in [2.75, 3.05) is 11.9 Å². The number of rotatable bonds is 3. The number of imidazole rings is 1. The molecule has 0 saturated carbocycles. The minimum absolute atomic E-state index is 0.723. The molecule has 1 aliphatic rings. The van der Waals surface area contributed by atoms with Gasteiger partial charge in [0.1, 0.15) is 11.3 Å². The molecule has 5 heteroatoms. The van der Waals surface area contributed by atoms with Gasteiger partial charge in [0.2, 0.25) is 0 Å². The van der Waals surface area contributed by atoms with E-state index in [1.54, 1.807) is 0 Å². The summed E-state index contributed by atoms with van der Waals surface area (Å²) in [6, 6.07) is 17.2. The lowest BCUT2D eigenvalue weighted by atomic mass is 10.0. The van der Waals surface area contributed by atoms with Crippen LogP contribution in [0.3, 0.4) is 0 Å². The van der Waals surface area contributed by atoms with Crippen molar-refractivity contribution >= 4 is 22.5 Å². The molecule has 0 N–H and O–H groups in total. The Morgan fingerprint density at radius 3 is 2.41 bits per heavy atom. The molecule has 5 rings (SSSR count). The normalized spacial score (nSPS) is 12.9. The van der Waals surface area contributed by atoms with Gasteiger partial charge in [0.25, 0.3) is 0 Å². The maximum absolute atomic E-state index is 9.28. The van der Waals surface area contributed by atoms with E-state index in [9.17, 15) is 5.26 Å². The molecule has 0 spiro atoms. The lowest BCUT2D eigenvalue weighted by Crippen LogP contribution is -2.12. The molecule has 3 heterocycles. The molecule has 5 nitrogen and oxygen atoms in total. The zero-order chi connectivity index (χ0) is 22.4. The van der Waals surface area contributed by atoms with Gasteiger partial charge in [-0.05, 0) is 79.3 Å². The van der Waals surface area contributed by atoms with Crippen LogP contribution in [0.4, 0.5) is 11.4 Å². The van der Waals surface area contributed by atoms with Crippen LogP contribution in [0.5, 0.6) is 0 Å². The molecular weight excluding hydrogens is 394 g/mol. The van der Waals surface area contributed by atoms with Crippen molar-refractivity contribution in [2.24, 2.45) is 0 Å². The summed E-state index contributed by atoms with van der Waals surface area (Å²) in [6.45, 7) is 7.07. The molecule has 0 amide bonds. The Labute approximate surface area is 189 Å². The van der Waals surface area contributed by atoms with Crippen LogP contribution in [-0.4, -0.2) is 21.6 Å². The molecule has 0 fully saturated rings. The SMILES string of the molecule is CCc1nc2c(C)cc(C)nc2n1Cc1ccc2c(c1)CCc1cc(C#N)ccc1N2C. The Morgan fingerprint density at radius 1 is 0.969 bits per heavy atom. The highest BCUT2D eigenvalue weighted by molar-refractivity contribution is 5.76. The summed E-state index contributed by atoms with van der Waals surface area (Å²) in [7, 11) is 2.11. The number of fused-ring (bicyclic) bond motifs is 3. The second-order valence-electron chi connectivity index (χ2n) is 8.70. The predicted octanol–water partition coefficient (Wildman–Crippen LogP) is 5.40. The highest BCUT2D eigenvalue weighted by atomic mass is 15.1. The lowest BCUT2D eigenvalue weighted by Gasteiger charge is -2.22. The van der Waals surface area contributed by atoms with E-state index in [4.69, 9.17) is 9.97 Å². The Balaban J connectivity index is 1.53. The van der Waals surface area contributed by atoms with Gasteiger partial charge in [-0.15, -0.1) is 0 Å². The summed E-state index contributed by atoms with van der Waals surface area (Å²) < 4.78 is 2.27. The average Bonchev–Trinajstić information content (AvgIpc) is 3.07. The van der Waals surface area contributed by atoms with Gasteiger partial charge in [0.05, 0.1) is 18.2 Å². The van der Waals surface area contributed by atoms with Crippen LogP contribution in [0, 0.1) is 25.2 Å². The number of hydrogen-bond acceptors (Lipinski definition) is 4. The van der Waals surface area contributed by atoms with E-state index < -0.39 is 0 Å². The zero-order valence-electron chi connectivity index (χ0n) is 19.1. The van der Waals surface area contributed by atoms with Crippen LogP contribution < -0.4 is 4.90 Å². The predicted molar refractivity (Wildman–Crippen MR) is 129 cm³/mol. The fraction of sp³-hybridized carbons (Fsp3) is 0.296. The maximum atomic E-state index is 9.28. The fourth-order valence-corrected chi connectivity index (χ4v) is 4.91. The number of pyridine rings is 1. The molecule has 0 aliphatic carbocycles. The first kappa shape index (κ1) is 20.3. The molecular formula is C27H27N5. The summed E-state index contributed by atoms with van der Waals surface area (Å²) in [6.07, 6.45) is 2.76. The monoisotopic (exact) mass is 421 g/mol. The van der Waals surface area contributed by atoms with Crippen molar-refractivity contribution in [3.63, 3.8) is 0 Å². The van der Waals surface area contributed by atoms with E-state index in [1.165, 1.54) is 33.6 Å². The van der Waals surface area contributed by atoms with Crippen LogP contribution in [0.1, 0.15) is 46.3 Å². The molecule has 32 heavy (non-hydrogen) atoms. The first-order valence-corrected chi connectivity index (χ1v) is 11.2. The minimum atomic E-state index is 0.723. The van der Waals surface area contributed by atoms with Crippen LogP contribution in [0.2, 0.25) is 0 Å². The maximum Gasteiger partial charge on any atom is 0.160 e. The number of anilines is 2. The van der Waals surface area contributed by atoms with Gasteiger partial charge in [-0.3, -0.25) is 0 Å². The quantitative estimate of drug-likeness (QED) is 0.445. The Hall–Kier alpha value is -3.65. The van der Waals surface area contributed by atoms with E-state index >= 15 is 0 Å². The van der Waals surface area contributed by atoms with E-state index in [0.29, 0.717) is 0 Å². The minimum Gasteiger partial charge on any atom is -0.344 e. The van der Waals surface area contributed by atoms with Gasteiger partial charge >= 0.3 is 0 Å². The number of hydrogen-bond donors (Lipinski definition) is 0. The summed E-state index contributed by atoms with van der Waals surface area (Å²) >= 11 is 0. The van der Waals surface area contributed by atoms with Crippen molar-refractivity contribution in [2.45, 2.75) is 46.6 Å². The second-order valence-corrected chi connectivity index (χ2v) is 8.70. The number of nitrogens with zero attached hydrogens (tertiary/aromatic N) is 5. The van der Waals surface area contributed by atoms with Crippen molar-refractivity contribution in [3.8, 4) is 6.07 Å². The zero-order valence-corrected chi connectivity index (χ0v) is 19.1. The van der Waals surface area contributed by atoms with E-state index in [-0.39, 0.29) is 0 Å². The van der Waals surface area contributed by atoms with Gasteiger partial charge in [-0.1, -0.05) is 19.1 Å². The van der Waals surface area contributed by atoms with Crippen LogP contribution >= 0.6 is 0 Å². The summed E-state index contributed by atoms with van der Waals surface area (Å²) in [4.78, 5) is 12.0. The lowest BCUT2D eigenvalue weighted by molar-refractivity contribution is 0.744. The average molecular weight is 422 g/mol. The number of aryl methyl sites for hydroxylation is 5. The van der Waals surface area contributed by atoms with Gasteiger partial charge in [-0.25, -0.2) is 9.97 Å². The molecule has 2 aromatic heterocycles. The molecule has 160 valence electrons. The second kappa shape index (κ2) is 7.80. The largest absolute Gasteiger partial charge is 0.344 e. The van der Waals surface area contributed by atoms with Crippen LogP contribution in [-0.2, 0) is 25.8 Å². The summed E-state index contributed by atoms with van der Waals surface area (Å²) in [5.41, 5.74) is 11.1. The van der Waals surface area contributed by atoms with E-state index in [0.717, 1.165) is 54.1 Å². The van der Waals surface area contributed by atoms with E-state index in [2.05, 4.69) is 66.8 Å². The Morgan fingerprint density at radius 2 is 1.69 bits per heavy atom. The number of benzene rings is 2. The van der Waals surface area contributed by atoms with Gasteiger partial charge in [-0.2, -0.15) is 5.26 Å². The highest BCUT2D eigenvalue weighted by Gasteiger charge is 2.19. The fourth-order valence-electron chi connectivity index (χ4n) is 4.91. The molecule has 2 aromatic carbocycles. The van der Waals surface area contributed by atoms with Gasteiger partial charge in [0, 0.05) is 30.5 Å². The Kier molecular flexibility index (Phi) is 4.94. The molecule has 0 saturated heterocycles. The topological polar surface area (TPSA) is 57.7 Å². The van der Waals surface area contributed by atoms with Crippen molar-refractivity contribution in [1.82, 2.24) is 14.5 Å². The summed E-state index contributed by atoms with van der Waals surface area (Å²) in [5, 5.41) is 9.28. The first-order chi connectivity index (χ1) is 15.5. The van der Waals surface area contributed by atoms with Crippen LogP contribution in [0.25, 0.3) is 11.2 Å². The van der Waals surface area contributed by atoms with Gasteiger partial charge in [0.15, 0.2) is 5.65 Å².